The fourth-order valence-corrected chi connectivity index (χ4v) is 6.26. The fourth-order valence-electron chi connectivity index (χ4n) is 4.47. The number of imidazole rings is 1. The number of aromatic nitrogens is 3. The molecular weight excluding hydrogens is 472 g/mol. The number of sulfonamides is 1. The van der Waals surface area contributed by atoms with Crippen LogP contribution in [0.5, 0.6) is 0 Å². The number of fused-ring (bicyclic) bond motifs is 1. The van der Waals surface area contributed by atoms with E-state index in [0.29, 0.717) is 32.2 Å². The van der Waals surface area contributed by atoms with Gasteiger partial charge in [0.25, 0.3) is 0 Å². The summed E-state index contributed by atoms with van der Waals surface area (Å²) in [5.41, 5.74) is 3.94. The largest absolute Gasteiger partial charge is 0.305 e. The minimum Gasteiger partial charge on any atom is -0.305 e. The molecule has 1 aliphatic rings. The zero-order chi connectivity index (χ0) is 23.9. The van der Waals surface area contributed by atoms with Crippen molar-refractivity contribution in [2.45, 2.75) is 30.7 Å². The maximum absolute atomic E-state index is 13.2. The molecule has 5 rings (SSSR count). The first kappa shape index (κ1) is 22.7. The molecule has 0 bridgehead atoms. The van der Waals surface area contributed by atoms with E-state index >= 15 is 0 Å². The van der Waals surface area contributed by atoms with Gasteiger partial charge in [-0.3, -0.25) is 4.79 Å². The molecule has 7 nitrogen and oxygen atoms in total. The summed E-state index contributed by atoms with van der Waals surface area (Å²) in [5.74, 6) is 0.839. The Hall–Kier alpha value is -3.07. The Morgan fingerprint density at radius 3 is 2.47 bits per heavy atom. The van der Waals surface area contributed by atoms with E-state index in [9.17, 15) is 13.2 Å². The first-order valence-corrected chi connectivity index (χ1v) is 12.8. The van der Waals surface area contributed by atoms with Crippen LogP contribution in [-0.2, 0) is 10.0 Å². The van der Waals surface area contributed by atoms with Crippen molar-refractivity contribution in [2.75, 3.05) is 13.1 Å². The Morgan fingerprint density at radius 2 is 1.79 bits per heavy atom. The predicted octanol–water partition coefficient (Wildman–Crippen LogP) is 4.90. The SMILES string of the molecule is Cc1cnc2c(c1)nc(-c1ccccc1)n2C1CCN(S(=O)(=O)c2ccc(C=O)c(Cl)c2)CC1. The number of nitrogens with zero attached hydrogens (tertiary/aromatic N) is 4. The van der Waals surface area contributed by atoms with Crippen molar-refractivity contribution in [3.05, 3.63) is 76.9 Å². The highest BCUT2D eigenvalue weighted by atomic mass is 35.5. The quantitative estimate of drug-likeness (QED) is 0.368. The standard InChI is InChI=1S/C25H23ClN4O3S/c1-17-13-23-25(27-15-17)30(24(28-23)18-5-3-2-4-6-18)20-9-11-29(12-10-20)34(32,33)21-8-7-19(16-31)22(26)14-21/h2-8,13-16,20H,9-12H2,1H3. The topological polar surface area (TPSA) is 85.2 Å². The number of benzene rings is 2. The number of pyridine rings is 1. The van der Waals surface area contributed by atoms with E-state index in [1.807, 2.05) is 49.5 Å². The van der Waals surface area contributed by atoms with Crippen LogP contribution in [0.1, 0.15) is 34.8 Å². The van der Waals surface area contributed by atoms with Gasteiger partial charge in [0.05, 0.1) is 9.92 Å². The van der Waals surface area contributed by atoms with Crippen molar-refractivity contribution in [2.24, 2.45) is 0 Å². The molecule has 0 N–H and O–H groups in total. The Morgan fingerprint density at radius 1 is 1.06 bits per heavy atom. The number of halogens is 1. The average molecular weight is 495 g/mol. The first-order chi connectivity index (χ1) is 16.4. The van der Waals surface area contributed by atoms with Gasteiger partial charge in [0, 0.05) is 36.5 Å². The molecule has 1 saturated heterocycles. The second-order valence-electron chi connectivity index (χ2n) is 8.46. The van der Waals surface area contributed by atoms with E-state index in [1.54, 1.807) is 0 Å². The molecule has 3 heterocycles. The number of rotatable bonds is 5. The number of carbonyl (C=O) groups is 1. The zero-order valence-electron chi connectivity index (χ0n) is 18.6. The highest BCUT2D eigenvalue weighted by molar-refractivity contribution is 7.89. The maximum atomic E-state index is 13.2. The Bertz CT molecular complexity index is 1480. The molecule has 2 aromatic carbocycles. The lowest BCUT2D eigenvalue weighted by Crippen LogP contribution is -2.39. The summed E-state index contributed by atoms with van der Waals surface area (Å²) >= 11 is 6.08. The van der Waals surface area contributed by atoms with Gasteiger partial charge in [-0.2, -0.15) is 4.31 Å². The second-order valence-corrected chi connectivity index (χ2v) is 10.8. The summed E-state index contributed by atoms with van der Waals surface area (Å²) in [7, 11) is -3.72. The van der Waals surface area contributed by atoms with Crippen molar-refractivity contribution in [1.82, 2.24) is 18.8 Å². The van der Waals surface area contributed by atoms with E-state index in [1.165, 1.54) is 22.5 Å². The van der Waals surface area contributed by atoms with Crippen molar-refractivity contribution in [3.8, 4) is 11.4 Å². The molecule has 0 aliphatic carbocycles. The van der Waals surface area contributed by atoms with Crippen LogP contribution in [-0.4, -0.2) is 46.6 Å². The third-order valence-corrected chi connectivity index (χ3v) is 8.45. The lowest BCUT2D eigenvalue weighted by atomic mass is 10.1. The van der Waals surface area contributed by atoms with Crippen LogP contribution in [0.2, 0.25) is 5.02 Å². The Balaban J connectivity index is 1.45. The minimum atomic E-state index is -3.72. The van der Waals surface area contributed by atoms with Crippen molar-refractivity contribution >= 4 is 39.1 Å². The molecular formula is C25H23ClN4O3S. The van der Waals surface area contributed by atoms with Gasteiger partial charge < -0.3 is 4.57 Å². The maximum Gasteiger partial charge on any atom is 0.243 e. The van der Waals surface area contributed by atoms with Gasteiger partial charge in [0.2, 0.25) is 10.0 Å². The van der Waals surface area contributed by atoms with Gasteiger partial charge in [0.1, 0.15) is 11.3 Å². The molecule has 174 valence electrons. The minimum absolute atomic E-state index is 0.0582. The molecule has 1 aliphatic heterocycles. The molecule has 0 unspecified atom stereocenters. The summed E-state index contributed by atoms with van der Waals surface area (Å²) in [4.78, 5) is 20.7. The molecule has 0 spiro atoms. The molecule has 0 atom stereocenters. The molecule has 0 saturated carbocycles. The van der Waals surface area contributed by atoms with E-state index in [4.69, 9.17) is 16.6 Å². The van der Waals surface area contributed by atoms with Gasteiger partial charge in [-0.15, -0.1) is 0 Å². The summed E-state index contributed by atoms with van der Waals surface area (Å²) in [5, 5.41) is 0.129. The molecule has 0 amide bonds. The molecule has 34 heavy (non-hydrogen) atoms. The van der Waals surface area contributed by atoms with Crippen LogP contribution in [0.3, 0.4) is 0 Å². The molecule has 2 aromatic heterocycles. The average Bonchev–Trinajstić information content (AvgIpc) is 3.23. The number of piperidine rings is 1. The van der Waals surface area contributed by atoms with E-state index < -0.39 is 10.0 Å². The number of aldehydes is 1. The monoisotopic (exact) mass is 494 g/mol. The van der Waals surface area contributed by atoms with Crippen molar-refractivity contribution in [3.63, 3.8) is 0 Å². The summed E-state index contributed by atoms with van der Waals surface area (Å²) < 4.78 is 30.1. The summed E-state index contributed by atoms with van der Waals surface area (Å²) in [6.07, 6.45) is 3.70. The van der Waals surface area contributed by atoms with Crippen molar-refractivity contribution < 1.29 is 13.2 Å². The van der Waals surface area contributed by atoms with Crippen molar-refractivity contribution in [1.29, 1.82) is 0 Å². The van der Waals surface area contributed by atoms with Crippen LogP contribution >= 0.6 is 11.6 Å². The van der Waals surface area contributed by atoms with Crippen LogP contribution in [0, 0.1) is 6.92 Å². The van der Waals surface area contributed by atoms with E-state index in [2.05, 4.69) is 9.55 Å². The number of hydrogen-bond acceptors (Lipinski definition) is 5. The summed E-state index contributed by atoms with van der Waals surface area (Å²) in [6, 6.07) is 16.3. The molecule has 9 heteroatoms. The smallest absolute Gasteiger partial charge is 0.243 e. The lowest BCUT2D eigenvalue weighted by molar-refractivity contribution is 0.112. The second kappa shape index (κ2) is 8.94. The van der Waals surface area contributed by atoms with E-state index in [0.717, 1.165) is 28.1 Å². The Kier molecular flexibility index (Phi) is 5.97. The normalized spacial score (nSPS) is 15.6. The van der Waals surface area contributed by atoms with E-state index in [-0.39, 0.29) is 21.5 Å². The van der Waals surface area contributed by atoms with Gasteiger partial charge >= 0.3 is 0 Å². The van der Waals surface area contributed by atoms with Crippen LogP contribution in [0.25, 0.3) is 22.6 Å². The highest BCUT2D eigenvalue weighted by Crippen LogP contribution is 2.34. The van der Waals surface area contributed by atoms with Crippen LogP contribution in [0.15, 0.2) is 65.7 Å². The van der Waals surface area contributed by atoms with Crippen LogP contribution in [0.4, 0.5) is 0 Å². The number of carbonyl (C=O) groups excluding carboxylic acids is 1. The third-order valence-electron chi connectivity index (χ3n) is 6.22. The van der Waals surface area contributed by atoms with Gasteiger partial charge in [-0.1, -0.05) is 41.9 Å². The molecule has 4 aromatic rings. The van der Waals surface area contributed by atoms with Gasteiger partial charge in [-0.05, 0) is 49.6 Å². The Labute approximate surface area is 203 Å². The lowest BCUT2D eigenvalue weighted by Gasteiger charge is -2.32. The summed E-state index contributed by atoms with van der Waals surface area (Å²) in [6.45, 7) is 2.71. The van der Waals surface area contributed by atoms with Gasteiger partial charge in [-0.25, -0.2) is 18.4 Å². The highest BCUT2D eigenvalue weighted by Gasteiger charge is 2.32. The number of aryl methyl sites for hydroxylation is 1. The predicted molar refractivity (Wildman–Crippen MR) is 132 cm³/mol. The molecule has 1 fully saturated rings. The fraction of sp³-hybridized carbons (Fsp3) is 0.240. The van der Waals surface area contributed by atoms with Gasteiger partial charge in [0.15, 0.2) is 11.9 Å². The van der Waals surface area contributed by atoms with Crippen LogP contribution < -0.4 is 0 Å². The molecule has 0 radical (unpaired) electrons. The number of hydrogen-bond donors (Lipinski definition) is 0. The first-order valence-electron chi connectivity index (χ1n) is 11.0. The zero-order valence-corrected chi connectivity index (χ0v) is 20.1. The third kappa shape index (κ3) is 4.02.